The average Bonchev–Trinajstić information content (AvgIpc) is 2.54. The Labute approximate surface area is 138 Å². The lowest BCUT2D eigenvalue weighted by Gasteiger charge is -2.08. The van der Waals surface area contributed by atoms with Crippen LogP contribution in [0.5, 0.6) is 5.75 Å². The Morgan fingerprint density at radius 2 is 1.82 bits per heavy atom. The quantitative estimate of drug-likeness (QED) is 0.601. The Balaban J connectivity index is 1.95. The summed E-state index contributed by atoms with van der Waals surface area (Å²) in [4.78, 5) is 11.6. The molecule has 2 rings (SSSR count). The van der Waals surface area contributed by atoms with E-state index in [-0.39, 0.29) is 6.61 Å². The van der Waals surface area contributed by atoms with Gasteiger partial charge in [0.05, 0.1) is 15.6 Å². The number of halogens is 2. The van der Waals surface area contributed by atoms with Crippen LogP contribution >= 0.6 is 23.2 Å². The molecule has 0 saturated heterocycles. The normalized spacial score (nSPS) is 9.86. The van der Waals surface area contributed by atoms with E-state index >= 15 is 0 Å². The first-order valence-corrected chi connectivity index (χ1v) is 7.13. The number of carbonyl (C=O) groups excluding carboxylic acids is 1. The largest absolute Gasteiger partial charge is 0.489 e. The number of hydrogen-bond donors (Lipinski definition) is 0. The fourth-order valence-corrected chi connectivity index (χ4v) is 1.99. The maximum Gasteiger partial charge on any atom is 0.339 e. The molecule has 0 radical (unpaired) electrons. The van der Waals surface area contributed by atoms with E-state index in [0.717, 1.165) is 5.56 Å². The van der Waals surface area contributed by atoms with Gasteiger partial charge in [-0.25, -0.2) is 4.79 Å². The number of esters is 1. The Morgan fingerprint density at radius 3 is 2.45 bits per heavy atom. The van der Waals surface area contributed by atoms with Crippen molar-refractivity contribution in [3.8, 4) is 18.1 Å². The van der Waals surface area contributed by atoms with E-state index in [1.165, 1.54) is 0 Å². The highest BCUT2D eigenvalue weighted by Gasteiger charge is 2.06. The number of carbonyl (C=O) groups is 1. The predicted molar refractivity (Wildman–Crippen MR) is 86.4 cm³/mol. The van der Waals surface area contributed by atoms with Crippen LogP contribution in [-0.4, -0.2) is 12.6 Å². The van der Waals surface area contributed by atoms with E-state index in [4.69, 9.17) is 39.1 Å². The van der Waals surface area contributed by atoms with Crippen LogP contribution < -0.4 is 4.74 Å². The Morgan fingerprint density at radius 1 is 1.09 bits per heavy atom. The van der Waals surface area contributed by atoms with E-state index in [2.05, 4.69) is 5.92 Å². The monoisotopic (exact) mass is 334 g/mol. The SMILES string of the molecule is C#CCOC(=O)c1ccc(OCc2ccc(Cl)c(Cl)c2)cc1. The highest BCUT2D eigenvalue weighted by atomic mass is 35.5. The third kappa shape index (κ3) is 4.42. The summed E-state index contributed by atoms with van der Waals surface area (Å²) in [5.74, 6) is 2.40. The molecule has 0 saturated carbocycles. The summed E-state index contributed by atoms with van der Waals surface area (Å²) in [6.07, 6.45) is 5.03. The second-order valence-electron chi connectivity index (χ2n) is 4.34. The van der Waals surface area contributed by atoms with Crippen molar-refractivity contribution in [1.82, 2.24) is 0 Å². The highest BCUT2D eigenvalue weighted by molar-refractivity contribution is 6.42. The molecule has 0 fully saturated rings. The topological polar surface area (TPSA) is 35.5 Å². The molecule has 0 N–H and O–H groups in total. The van der Waals surface area contributed by atoms with E-state index in [1.54, 1.807) is 36.4 Å². The molecule has 112 valence electrons. The second kappa shape index (κ2) is 7.74. The summed E-state index contributed by atoms with van der Waals surface area (Å²) < 4.78 is 10.4. The molecular formula is C17H12Cl2O3. The van der Waals surface area contributed by atoms with Crippen LogP contribution in [0.3, 0.4) is 0 Å². The van der Waals surface area contributed by atoms with Gasteiger partial charge in [0.15, 0.2) is 6.61 Å². The maximum absolute atomic E-state index is 11.6. The first-order chi connectivity index (χ1) is 10.6. The predicted octanol–water partition coefficient (Wildman–Crippen LogP) is 4.36. The van der Waals surface area contributed by atoms with Crippen molar-refractivity contribution in [1.29, 1.82) is 0 Å². The number of benzene rings is 2. The van der Waals surface area contributed by atoms with Crippen LogP contribution in [0.4, 0.5) is 0 Å². The van der Waals surface area contributed by atoms with Crippen LogP contribution in [0.1, 0.15) is 15.9 Å². The lowest BCUT2D eigenvalue weighted by molar-refractivity contribution is 0.0556. The molecule has 22 heavy (non-hydrogen) atoms. The molecule has 0 spiro atoms. The van der Waals surface area contributed by atoms with Crippen molar-refractivity contribution in [3.63, 3.8) is 0 Å². The summed E-state index contributed by atoms with van der Waals surface area (Å²) in [5.41, 5.74) is 1.31. The van der Waals surface area contributed by atoms with Crippen LogP contribution in [-0.2, 0) is 11.3 Å². The van der Waals surface area contributed by atoms with Crippen LogP contribution in [0.15, 0.2) is 42.5 Å². The molecule has 2 aromatic carbocycles. The summed E-state index contributed by atoms with van der Waals surface area (Å²) in [6, 6.07) is 11.9. The van der Waals surface area contributed by atoms with E-state index in [9.17, 15) is 4.79 Å². The molecule has 0 unspecified atom stereocenters. The van der Waals surface area contributed by atoms with Gasteiger partial charge in [0, 0.05) is 0 Å². The van der Waals surface area contributed by atoms with Gasteiger partial charge in [0.25, 0.3) is 0 Å². The minimum Gasteiger partial charge on any atom is -0.489 e. The number of terminal acetylenes is 1. The van der Waals surface area contributed by atoms with E-state index in [1.807, 2.05) is 6.07 Å². The number of rotatable bonds is 5. The first-order valence-electron chi connectivity index (χ1n) is 6.37. The van der Waals surface area contributed by atoms with Gasteiger partial charge in [-0.3, -0.25) is 0 Å². The molecule has 2 aromatic rings. The van der Waals surface area contributed by atoms with Gasteiger partial charge in [-0.15, -0.1) is 6.42 Å². The van der Waals surface area contributed by atoms with E-state index < -0.39 is 5.97 Å². The van der Waals surface area contributed by atoms with Crippen molar-refractivity contribution in [3.05, 3.63) is 63.6 Å². The van der Waals surface area contributed by atoms with Gasteiger partial charge in [0.1, 0.15) is 12.4 Å². The van der Waals surface area contributed by atoms with Crippen molar-refractivity contribution in [2.24, 2.45) is 0 Å². The molecule has 0 aromatic heterocycles. The zero-order valence-corrected chi connectivity index (χ0v) is 13.0. The van der Waals surface area contributed by atoms with Gasteiger partial charge >= 0.3 is 5.97 Å². The van der Waals surface area contributed by atoms with Crippen LogP contribution in [0, 0.1) is 12.3 Å². The zero-order chi connectivity index (χ0) is 15.9. The molecule has 0 atom stereocenters. The highest BCUT2D eigenvalue weighted by Crippen LogP contribution is 2.23. The Kier molecular flexibility index (Phi) is 5.71. The van der Waals surface area contributed by atoms with Gasteiger partial charge < -0.3 is 9.47 Å². The molecule has 5 heteroatoms. The fourth-order valence-electron chi connectivity index (χ4n) is 1.67. The molecule has 0 aliphatic heterocycles. The van der Waals surface area contributed by atoms with Crippen molar-refractivity contribution < 1.29 is 14.3 Å². The van der Waals surface area contributed by atoms with Crippen LogP contribution in [0.25, 0.3) is 0 Å². The summed E-state index contributed by atoms with van der Waals surface area (Å²) in [5, 5.41) is 0.981. The summed E-state index contributed by atoms with van der Waals surface area (Å²) >= 11 is 11.8. The van der Waals surface area contributed by atoms with Gasteiger partial charge in [-0.2, -0.15) is 0 Å². The van der Waals surface area contributed by atoms with E-state index in [0.29, 0.717) is 28.0 Å². The molecule has 0 heterocycles. The second-order valence-corrected chi connectivity index (χ2v) is 5.16. The van der Waals surface area contributed by atoms with Crippen molar-refractivity contribution in [2.75, 3.05) is 6.61 Å². The Bertz CT molecular complexity index is 703. The maximum atomic E-state index is 11.6. The molecule has 0 aliphatic rings. The zero-order valence-electron chi connectivity index (χ0n) is 11.5. The average molecular weight is 335 g/mol. The van der Waals surface area contributed by atoms with Crippen LogP contribution in [0.2, 0.25) is 10.0 Å². The summed E-state index contributed by atoms with van der Waals surface area (Å²) in [7, 11) is 0. The van der Waals surface area contributed by atoms with Gasteiger partial charge in [-0.1, -0.05) is 35.2 Å². The van der Waals surface area contributed by atoms with Crippen molar-refractivity contribution >= 4 is 29.2 Å². The third-order valence-electron chi connectivity index (χ3n) is 2.77. The fraction of sp³-hybridized carbons (Fsp3) is 0.118. The number of ether oxygens (including phenoxy) is 2. The smallest absolute Gasteiger partial charge is 0.339 e. The lowest BCUT2D eigenvalue weighted by Crippen LogP contribution is -2.05. The number of hydrogen-bond acceptors (Lipinski definition) is 3. The molecular weight excluding hydrogens is 323 g/mol. The summed E-state index contributed by atoms with van der Waals surface area (Å²) in [6.45, 7) is 0.298. The van der Waals surface area contributed by atoms with Gasteiger partial charge in [0.2, 0.25) is 0 Å². The minimum atomic E-state index is -0.464. The first kappa shape index (κ1) is 16.2. The standard InChI is InChI=1S/C17H12Cl2O3/c1-2-9-21-17(20)13-4-6-14(7-5-13)22-11-12-3-8-15(18)16(19)10-12/h1,3-8,10H,9,11H2. The minimum absolute atomic E-state index is 0.0472. The molecule has 0 amide bonds. The van der Waals surface area contributed by atoms with Crippen molar-refractivity contribution in [2.45, 2.75) is 6.61 Å². The van der Waals surface area contributed by atoms with Gasteiger partial charge in [-0.05, 0) is 42.0 Å². The molecule has 0 bridgehead atoms. The molecule has 0 aliphatic carbocycles. The lowest BCUT2D eigenvalue weighted by atomic mass is 10.2. The molecule has 3 nitrogen and oxygen atoms in total. The third-order valence-corrected chi connectivity index (χ3v) is 3.51. The Hall–Kier alpha value is -2.15.